The lowest BCUT2D eigenvalue weighted by Crippen LogP contribution is -2.07. The van der Waals surface area contributed by atoms with E-state index in [0.29, 0.717) is 5.69 Å². The van der Waals surface area contributed by atoms with Gasteiger partial charge in [0.05, 0.1) is 11.3 Å². The van der Waals surface area contributed by atoms with Crippen molar-refractivity contribution in [1.82, 2.24) is 0 Å². The third kappa shape index (κ3) is 3.01. The van der Waals surface area contributed by atoms with Crippen molar-refractivity contribution in [2.45, 2.75) is 6.92 Å². The Bertz CT molecular complexity index is 407. The molecule has 0 bridgehead atoms. The standard InChI is InChI=1S/C11H11NO3/c1-3-6-15-12-10-7-8(2)4-5-9(10)11(13)14/h1,4-5,7,12H,6H2,2H3,(H,13,14). The minimum atomic E-state index is -1.01. The second-order valence-corrected chi connectivity index (χ2v) is 2.95. The summed E-state index contributed by atoms with van der Waals surface area (Å²) in [6.45, 7) is 1.94. The number of benzene rings is 1. The van der Waals surface area contributed by atoms with Crippen molar-refractivity contribution in [3.63, 3.8) is 0 Å². The molecule has 0 saturated carbocycles. The topological polar surface area (TPSA) is 58.6 Å². The number of rotatable bonds is 4. The molecule has 0 unspecified atom stereocenters. The molecule has 0 amide bonds. The molecule has 0 atom stereocenters. The third-order valence-electron chi connectivity index (χ3n) is 1.74. The summed E-state index contributed by atoms with van der Waals surface area (Å²) in [5.74, 6) is 1.26. The van der Waals surface area contributed by atoms with Crippen LogP contribution in [0.4, 0.5) is 5.69 Å². The van der Waals surface area contributed by atoms with Gasteiger partial charge in [-0.2, -0.15) is 0 Å². The quantitative estimate of drug-likeness (QED) is 0.446. The highest BCUT2D eigenvalue weighted by Gasteiger charge is 2.09. The van der Waals surface area contributed by atoms with Crippen LogP contribution in [0.25, 0.3) is 0 Å². The first-order valence-corrected chi connectivity index (χ1v) is 4.30. The zero-order valence-corrected chi connectivity index (χ0v) is 8.28. The van der Waals surface area contributed by atoms with Gasteiger partial charge in [0, 0.05) is 0 Å². The third-order valence-corrected chi connectivity index (χ3v) is 1.74. The highest BCUT2D eigenvalue weighted by atomic mass is 16.6. The van der Waals surface area contributed by atoms with Crippen LogP contribution in [-0.4, -0.2) is 17.7 Å². The van der Waals surface area contributed by atoms with Gasteiger partial charge < -0.3 is 5.11 Å². The molecule has 0 saturated heterocycles. The zero-order valence-electron chi connectivity index (χ0n) is 8.28. The Kier molecular flexibility index (Phi) is 3.72. The van der Waals surface area contributed by atoms with E-state index in [0.717, 1.165) is 5.56 Å². The number of terminal acetylenes is 1. The molecule has 78 valence electrons. The number of hydrogen-bond donors (Lipinski definition) is 2. The molecule has 2 N–H and O–H groups in total. The molecule has 4 heteroatoms. The summed E-state index contributed by atoms with van der Waals surface area (Å²) in [6, 6.07) is 4.91. The summed E-state index contributed by atoms with van der Waals surface area (Å²) in [5.41, 5.74) is 4.00. The molecule has 0 radical (unpaired) electrons. The fourth-order valence-corrected chi connectivity index (χ4v) is 1.08. The van der Waals surface area contributed by atoms with Gasteiger partial charge in [0.1, 0.15) is 6.61 Å². The Morgan fingerprint density at radius 3 is 3.00 bits per heavy atom. The van der Waals surface area contributed by atoms with Gasteiger partial charge in [-0.15, -0.1) is 6.42 Å². The van der Waals surface area contributed by atoms with Crippen molar-refractivity contribution in [2.75, 3.05) is 12.1 Å². The Labute approximate surface area is 87.8 Å². The lowest BCUT2D eigenvalue weighted by atomic mass is 10.1. The Balaban J connectivity index is 2.88. The molecular weight excluding hydrogens is 194 g/mol. The van der Waals surface area contributed by atoms with E-state index in [1.165, 1.54) is 6.07 Å². The summed E-state index contributed by atoms with van der Waals surface area (Å²) in [7, 11) is 0. The Morgan fingerprint density at radius 1 is 1.67 bits per heavy atom. The van der Waals surface area contributed by atoms with Gasteiger partial charge in [0.15, 0.2) is 0 Å². The second kappa shape index (κ2) is 5.03. The minimum absolute atomic E-state index is 0.0764. The summed E-state index contributed by atoms with van der Waals surface area (Å²) in [4.78, 5) is 15.7. The van der Waals surface area contributed by atoms with E-state index < -0.39 is 5.97 Å². The van der Waals surface area contributed by atoms with E-state index in [9.17, 15) is 4.79 Å². The molecule has 0 aliphatic carbocycles. The SMILES string of the molecule is C#CCONc1cc(C)ccc1C(=O)O. The number of carboxylic acids is 1. The van der Waals surface area contributed by atoms with Crippen molar-refractivity contribution in [3.05, 3.63) is 29.3 Å². The Hall–Kier alpha value is -1.99. The summed E-state index contributed by atoms with van der Waals surface area (Å²) < 4.78 is 0. The molecule has 0 aliphatic rings. The van der Waals surface area contributed by atoms with Crippen LogP contribution >= 0.6 is 0 Å². The summed E-state index contributed by atoms with van der Waals surface area (Å²) >= 11 is 0. The number of anilines is 1. The van der Waals surface area contributed by atoms with Crippen molar-refractivity contribution in [2.24, 2.45) is 0 Å². The summed E-state index contributed by atoms with van der Waals surface area (Å²) in [6.07, 6.45) is 4.99. The number of carbonyl (C=O) groups is 1. The average Bonchev–Trinajstić information content (AvgIpc) is 2.18. The lowest BCUT2D eigenvalue weighted by Gasteiger charge is -2.08. The Morgan fingerprint density at radius 2 is 2.40 bits per heavy atom. The number of carboxylic acid groups (broad SMARTS) is 1. The maximum absolute atomic E-state index is 10.8. The van der Waals surface area contributed by atoms with Crippen LogP contribution in [0.2, 0.25) is 0 Å². The predicted molar refractivity (Wildman–Crippen MR) is 56.5 cm³/mol. The van der Waals surface area contributed by atoms with Crippen LogP contribution in [0.3, 0.4) is 0 Å². The molecule has 4 nitrogen and oxygen atoms in total. The van der Waals surface area contributed by atoms with Gasteiger partial charge >= 0.3 is 5.97 Å². The van der Waals surface area contributed by atoms with Crippen molar-refractivity contribution >= 4 is 11.7 Å². The van der Waals surface area contributed by atoms with Crippen LogP contribution in [-0.2, 0) is 4.84 Å². The average molecular weight is 205 g/mol. The monoisotopic (exact) mass is 205 g/mol. The fraction of sp³-hybridized carbons (Fsp3) is 0.182. The van der Waals surface area contributed by atoms with E-state index in [1.54, 1.807) is 12.1 Å². The number of aromatic carboxylic acids is 1. The molecule has 1 rings (SSSR count). The van der Waals surface area contributed by atoms with E-state index in [-0.39, 0.29) is 12.2 Å². The first-order chi connectivity index (χ1) is 7.15. The number of hydrogen-bond acceptors (Lipinski definition) is 3. The first-order valence-electron chi connectivity index (χ1n) is 4.30. The first kappa shape index (κ1) is 11.1. The van der Waals surface area contributed by atoms with E-state index in [1.807, 2.05) is 6.92 Å². The largest absolute Gasteiger partial charge is 0.478 e. The van der Waals surface area contributed by atoms with E-state index in [2.05, 4.69) is 11.4 Å². The smallest absolute Gasteiger partial charge is 0.337 e. The zero-order chi connectivity index (χ0) is 11.3. The molecule has 0 heterocycles. The molecule has 0 aromatic heterocycles. The van der Waals surface area contributed by atoms with Crippen LogP contribution < -0.4 is 5.48 Å². The number of aryl methyl sites for hydroxylation is 1. The number of nitrogens with one attached hydrogen (secondary N) is 1. The summed E-state index contributed by atoms with van der Waals surface area (Å²) in [5, 5.41) is 8.88. The fourth-order valence-electron chi connectivity index (χ4n) is 1.08. The molecule has 0 aliphatic heterocycles. The van der Waals surface area contributed by atoms with Gasteiger partial charge in [0.25, 0.3) is 0 Å². The molecule has 1 aromatic rings. The van der Waals surface area contributed by atoms with Crippen LogP contribution in [0.1, 0.15) is 15.9 Å². The van der Waals surface area contributed by atoms with Gasteiger partial charge in [-0.3, -0.25) is 10.3 Å². The molecule has 15 heavy (non-hydrogen) atoms. The molecule has 0 spiro atoms. The van der Waals surface area contributed by atoms with Crippen LogP contribution in [0, 0.1) is 19.3 Å². The van der Waals surface area contributed by atoms with Gasteiger partial charge in [-0.25, -0.2) is 4.79 Å². The maximum Gasteiger partial charge on any atom is 0.337 e. The lowest BCUT2D eigenvalue weighted by molar-refractivity contribution is 0.0696. The van der Waals surface area contributed by atoms with Gasteiger partial charge in [-0.05, 0) is 24.6 Å². The minimum Gasteiger partial charge on any atom is -0.478 e. The molecular formula is C11H11NO3. The maximum atomic E-state index is 10.8. The highest BCUT2D eigenvalue weighted by Crippen LogP contribution is 2.17. The predicted octanol–water partition coefficient (Wildman–Crippen LogP) is 1.67. The van der Waals surface area contributed by atoms with Crippen LogP contribution in [0.15, 0.2) is 18.2 Å². The normalized spacial score (nSPS) is 9.33. The highest BCUT2D eigenvalue weighted by molar-refractivity contribution is 5.94. The van der Waals surface area contributed by atoms with E-state index >= 15 is 0 Å². The van der Waals surface area contributed by atoms with Crippen molar-refractivity contribution < 1.29 is 14.7 Å². The molecule has 1 aromatic carbocycles. The van der Waals surface area contributed by atoms with Crippen LogP contribution in [0.5, 0.6) is 0 Å². The van der Waals surface area contributed by atoms with Gasteiger partial charge in [0.2, 0.25) is 0 Å². The van der Waals surface area contributed by atoms with Crippen molar-refractivity contribution in [3.8, 4) is 12.3 Å². The van der Waals surface area contributed by atoms with Crippen molar-refractivity contribution in [1.29, 1.82) is 0 Å². The second-order valence-electron chi connectivity index (χ2n) is 2.95. The molecule has 0 fully saturated rings. The van der Waals surface area contributed by atoms with Gasteiger partial charge in [-0.1, -0.05) is 12.0 Å². The van der Waals surface area contributed by atoms with E-state index in [4.69, 9.17) is 16.4 Å².